The fourth-order valence-corrected chi connectivity index (χ4v) is 4.38. The molecule has 0 spiro atoms. The average Bonchev–Trinajstić information content (AvgIpc) is 2.82. The minimum Gasteiger partial charge on any atom is -0.491 e. The van der Waals surface area contributed by atoms with E-state index in [0.717, 1.165) is 5.56 Å². The van der Waals surface area contributed by atoms with Crippen molar-refractivity contribution in [3.05, 3.63) is 90.5 Å². The van der Waals surface area contributed by atoms with Crippen molar-refractivity contribution in [3.8, 4) is 5.75 Å². The van der Waals surface area contributed by atoms with Crippen LogP contribution in [0.15, 0.2) is 94.7 Å². The first-order valence-corrected chi connectivity index (χ1v) is 11.6. The number of sulfone groups is 1. The molecule has 0 amide bonds. The molecule has 3 N–H and O–H groups in total. The van der Waals surface area contributed by atoms with Crippen LogP contribution >= 0.6 is 0 Å². The second-order valence-corrected chi connectivity index (χ2v) is 9.18. The normalized spacial score (nSPS) is 13.5. The first-order chi connectivity index (χ1) is 15.0. The van der Waals surface area contributed by atoms with Crippen LogP contribution in [-0.4, -0.2) is 50.5 Å². The van der Waals surface area contributed by atoms with Crippen molar-refractivity contribution < 1.29 is 23.4 Å². The monoisotopic (exact) mass is 441 g/mol. The Labute approximate surface area is 183 Å². The van der Waals surface area contributed by atoms with E-state index in [9.17, 15) is 18.6 Å². The SMILES string of the molecule is O=S(=O)(c1ccccc1)c1ccc(C[C@@H](CO)NC[C@H](O)COc2ccccc2)cc1. The third-order valence-corrected chi connectivity index (χ3v) is 6.60. The summed E-state index contributed by atoms with van der Waals surface area (Å²) in [7, 11) is -3.55. The Hall–Kier alpha value is -2.71. The summed E-state index contributed by atoms with van der Waals surface area (Å²) in [6, 6.07) is 23.9. The van der Waals surface area contributed by atoms with Crippen molar-refractivity contribution in [2.24, 2.45) is 0 Å². The number of benzene rings is 3. The second-order valence-electron chi connectivity index (χ2n) is 7.23. The quantitative estimate of drug-likeness (QED) is 0.423. The van der Waals surface area contributed by atoms with Gasteiger partial charge in [0.15, 0.2) is 0 Å². The fourth-order valence-electron chi connectivity index (χ4n) is 3.10. The number of aliphatic hydroxyl groups excluding tert-OH is 2. The highest BCUT2D eigenvalue weighted by Crippen LogP contribution is 2.21. The fraction of sp³-hybridized carbons (Fsp3) is 0.250. The van der Waals surface area contributed by atoms with Crippen LogP contribution in [0.1, 0.15) is 5.56 Å². The number of hydrogen-bond donors (Lipinski definition) is 3. The third-order valence-electron chi connectivity index (χ3n) is 4.82. The maximum Gasteiger partial charge on any atom is 0.206 e. The van der Waals surface area contributed by atoms with E-state index >= 15 is 0 Å². The second kappa shape index (κ2) is 11.1. The summed E-state index contributed by atoms with van der Waals surface area (Å²) in [6.07, 6.45) is -0.235. The molecule has 0 fully saturated rings. The van der Waals surface area contributed by atoms with Crippen LogP contribution in [0.2, 0.25) is 0 Å². The Morgan fingerprint density at radius 2 is 1.42 bits per heavy atom. The zero-order valence-corrected chi connectivity index (χ0v) is 17.9. The highest BCUT2D eigenvalue weighted by molar-refractivity contribution is 7.91. The first kappa shape index (κ1) is 23.0. The van der Waals surface area contributed by atoms with E-state index in [4.69, 9.17) is 4.74 Å². The Bertz CT molecular complexity index is 1020. The van der Waals surface area contributed by atoms with Crippen molar-refractivity contribution in [3.63, 3.8) is 0 Å². The molecule has 3 rings (SSSR count). The van der Waals surface area contributed by atoms with Gasteiger partial charge in [0.2, 0.25) is 9.84 Å². The summed E-state index contributed by atoms with van der Waals surface area (Å²) in [5, 5.41) is 22.9. The molecule has 0 unspecified atom stereocenters. The summed E-state index contributed by atoms with van der Waals surface area (Å²) in [4.78, 5) is 0.480. The summed E-state index contributed by atoms with van der Waals surface area (Å²) >= 11 is 0. The van der Waals surface area contributed by atoms with Gasteiger partial charge in [-0.05, 0) is 48.4 Å². The first-order valence-electron chi connectivity index (χ1n) is 10.1. The molecular formula is C24H27NO5S. The molecule has 0 bridgehead atoms. The molecule has 3 aromatic carbocycles. The van der Waals surface area contributed by atoms with E-state index in [1.165, 1.54) is 0 Å². The zero-order chi connectivity index (χ0) is 22.1. The van der Waals surface area contributed by atoms with Crippen LogP contribution in [0.3, 0.4) is 0 Å². The van der Waals surface area contributed by atoms with Gasteiger partial charge in [-0.15, -0.1) is 0 Å². The maximum absolute atomic E-state index is 12.7. The van der Waals surface area contributed by atoms with Crippen molar-refractivity contribution in [2.45, 2.75) is 28.4 Å². The van der Waals surface area contributed by atoms with Gasteiger partial charge in [0.05, 0.1) is 16.4 Å². The number of ether oxygens (including phenoxy) is 1. The molecule has 3 aromatic rings. The molecule has 0 aliphatic heterocycles. The molecule has 0 aliphatic carbocycles. The Morgan fingerprint density at radius 3 is 2.03 bits per heavy atom. The Morgan fingerprint density at radius 1 is 0.839 bits per heavy atom. The van der Waals surface area contributed by atoms with E-state index in [1.807, 2.05) is 30.3 Å². The van der Waals surface area contributed by atoms with E-state index < -0.39 is 15.9 Å². The molecule has 6 nitrogen and oxygen atoms in total. The third kappa shape index (κ3) is 6.63. The lowest BCUT2D eigenvalue weighted by Gasteiger charge is -2.19. The lowest BCUT2D eigenvalue weighted by atomic mass is 10.1. The van der Waals surface area contributed by atoms with Gasteiger partial charge in [-0.3, -0.25) is 0 Å². The largest absolute Gasteiger partial charge is 0.491 e. The van der Waals surface area contributed by atoms with Gasteiger partial charge >= 0.3 is 0 Å². The van der Waals surface area contributed by atoms with Crippen molar-refractivity contribution in [2.75, 3.05) is 19.8 Å². The van der Waals surface area contributed by atoms with Crippen LogP contribution in [0.25, 0.3) is 0 Å². The number of nitrogens with one attached hydrogen (secondary N) is 1. The molecular weight excluding hydrogens is 414 g/mol. The number of rotatable bonds is 11. The predicted molar refractivity (Wildman–Crippen MR) is 119 cm³/mol. The molecule has 31 heavy (non-hydrogen) atoms. The van der Waals surface area contributed by atoms with Gasteiger partial charge in [-0.1, -0.05) is 48.5 Å². The molecule has 0 radical (unpaired) electrons. The van der Waals surface area contributed by atoms with Gasteiger partial charge in [0.25, 0.3) is 0 Å². The van der Waals surface area contributed by atoms with Crippen LogP contribution in [0.5, 0.6) is 5.75 Å². The van der Waals surface area contributed by atoms with Crippen LogP contribution in [0, 0.1) is 0 Å². The molecule has 2 atom stereocenters. The van der Waals surface area contributed by atoms with E-state index in [0.29, 0.717) is 12.2 Å². The van der Waals surface area contributed by atoms with E-state index in [-0.39, 0.29) is 35.6 Å². The van der Waals surface area contributed by atoms with Crippen LogP contribution < -0.4 is 10.1 Å². The Balaban J connectivity index is 1.52. The van der Waals surface area contributed by atoms with Gasteiger partial charge in [0.1, 0.15) is 18.5 Å². The number of hydrogen-bond acceptors (Lipinski definition) is 6. The summed E-state index contributed by atoms with van der Waals surface area (Å²) in [5.41, 5.74) is 0.883. The maximum atomic E-state index is 12.7. The Kier molecular flexibility index (Phi) is 8.20. The molecule has 0 saturated heterocycles. The van der Waals surface area contributed by atoms with E-state index in [1.54, 1.807) is 54.6 Å². The molecule has 7 heteroatoms. The van der Waals surface area contributed by atoms with Crippen molar-refractivity contribution >= 4 is 9.84 Å². The van der Waals surface area contributed by atoms with Gasteiger partial charge < -0.3 is 20.3 Å². The topological polar surface area (TPSA) is 95.9 Å². The zero-order valence-electron chi connectivity index (χ0n) is 17.1. The van der Waals surface area contributed by atoms with E-state index in [2.05, 4.69) is 5.32 Å². The van der Waals surface area contributed by atoms with Crippen molar-refractivity contribution in [1.82, 2.24) is 5.32 Å². The van der Waals surface area contributed by atoms with Crippen LogP contribution in [-0.2, 0) is 16.3 Å². The van der Waals surface area contributed by atoms with Gasteiger partial charge in [0, 0.05) is 12.6 Å². The minimum absolute atomic E-state index is 0.115. The molecule has 0 saturated carbocycles. The highest BCUT2D eigenvalue weighted by Gasteiger charge is 2.17. The average molecular weight is 442 g/mol. The standard InChI is InChI=1S/C24H27NO5S/c26-17-20(25-16-21(27)18-30-22-7-3-1-4-8-22)15-19-11-13-24(14-12-19)31(28,29)23-9-5-2-6-10-23/h1-14,20-21,25-27H,15-18H2/t20-,21-/m0/s1. The predicted octanol–water partition coefficient (Wildman–Crippen LogP) is 2.45. The molecule has 0 aliphatic rings. The number of aliphatic hydroxyl groups is 2. The smallest absolute Gasteiger partial charge is 0.206 e. The van der Waals surface area contributed by atoms with Gasteiger partial charge in [-0.2, -0.15) is 0 Å². The minimum atomic E-state index is -3.55. The molecule has 0 heterocycles. The lowest BCUT2D eigenvalue weighted by Crippen LogP contribution is -2.41. The highest BCUT2D eigenvalue weighted by atomic mass is 32.2. The summed E-state index contributed by atoms with van der Waals surface area (Å²) in [6.45, 7) is 0.288. The van der Waals surface area contributed by atoms with Crippen molar-refractivity contribution in [1.29, 1.82) is 0 Å². The number of para-hydroxylation sites is 1. The molecule has 0 aromatic heterocycles. The van der Waals surface area contributed by atoms with Crippen LogP contribution in [0.4, 0.5) is 0 Å². The summed E-state index contributed by atoms with van der Waals surface area (Å²) in [5.74, 6) is 0.686. The van der Waals surface area contributed by atoms with Gasteiger partial charge in [-0.25, -0.2) is 8.42 Å². The summed E-state index contributed by atoms with van der Waals surface area (Å²) < 4.78 is 30.9. The lowest BCUT2D eigenvalue weighted by molar-refractivity contribution is 0.0997. The molecule has 164 valence electrons.